The van der Waals surface area contributed by atoms with E-state index in [0.29, 0.717) is 11.3 Å². The Morgan fingerprint density at radius 3 is 1.76 bits per heavy atom. The van der Waals surface area contributed by atoms with E-state index in [0.717, 1.165) is 21.6 Å². The molecule has 0 spiro atoms. The number of hydrogen-bond donors (Lipinski definition) is 0. The Bertz CT molecular complexity index is 1470. The van der Waals surface area contributed by atoms with Gasteiger partial charge in [-0.15, -0.1) is 0 Å². The topological polar surface area (TPSA) is 93.2 Å². The van der Waals surface area contributed by atoms with Crippen LogP contribution in [-0.2, 0) is 19.1 Å². The molecule has 3 amide bonds. The second kappa shape index (κ2) is 11.9. The molecule has 3 aromatic carbocycles. The highest BCUT2D eigenvalue weighted by Crippen LogP contribution is 2.40. The number of ether oxygens (including phenoxy) is 2. The summed E-state index contributed by atoms with van der Waals surface area (Å²) in [6, 6.07) is 17.2. The minimum Gasteiger partial charge on any atom is -0.467 e. The summed E-state index contributed by atoms with van der Waals surface area (Å²) in [7, 11) is 2.66. The molecular weight excluding hydrogens is 532 g/mol. The molecule has 0 saturated heterocycles. The van der Waals surface area contributed by atoms with Crippen molar-refractivity contribution in [3.05, 3.63) is 100 Å². The maximum absolute atomic E-state index is 15.1. The van der Waals surface area contributed by atoms with Crippen LogP contribution < -0.4 is 4.90 Å². The second-order valence-electron chi connectivity index (χ2n) is 11.8. The highest BCUT2D eigenvalue weighted by Gasteiger charge is 2.51. The van der Waals surface area contributed by atoms with Crippen molar-refractivity contribution in [3.8, 4) is 0 Å². The lowest BCUT2D eigenvalue weighted by atomic mass is 9.82. The average Bonchev–Trinajstić information content (AvgIpc) is 3.18. The maximum atomic E-state index is 15.1. The molecule has 0 N–H and O–H groups in total. The lowest BCUT2D eigenvalue weighted by molar-refractivity contribution is -0.154. The Morgan fingerprint density at radius 2 is 1.31 bits per heavy atom. The molecule has 1 heterocycles. The summed E-state index contributed by atoms with van der Waals surface area (Å²) >= 11 is 0. The van der Waals surface area contributed by atoms with E-state index in [1.807, 2.05) is 59.7 Å². The van der Waals surface area contributed by atoms with Crippen LogP contribution in [0.5, 0.6) is 0 Å². The molecule has 0 bridgehead atoms. The number of hydrogen-bond acceptors (Lipinski definition) is 6. The van der Waals surface area contributed by atoms with Crippen LogP contribution in [0.4, 0.5) is 5.69 Å². The number of anilines is 1. The monoisotopic (exact) mass is 570 g/mol. The fourth-order valence-corrected chi connectivity index (χ4v) is 6.00. The van der Waals surface area contributed by atoms with E-state index in [1.54, 1.807) is 48.5 Å². The van der Waals surface area contributed by atoms with Gasteiger partial charge in [-0.3, -0.25) is 24.2 Å². The van der Waals surface area contributed by atoms with Crippen molar-refractivity contribution in [2.75, 3.05) is 19.1 Å². The number of para-hydroxylation sites is 1. The first-order valence-electron chi connectivity index (χ1n) is 13.9. The number of methoxy groups -OCH3 is 2. The molecule has 3 aromatic rings. The van der Waals surface area contributed by atoms with Crippen molar-refractivity contribution in [1.29, 1.82) is 0 Å². The van der Waals surface area contributed by atoms with Crippen molar-refractivity contribution in [2.45, 2.75) is 59.7 Å². The fraction of sp³-hybridized carbons (Fsp3) is 0.353. The van der Waals surface area contributed by atoms with Crippen molar-refractivity contribution < 1.29 is 28.7 Å². The zero-order valence-electron chi connectivity index (χ0n) is 25.4. The van der Waals surface area contributed by atoms with E-state index in [9.17, 15) is 14.4 Å². The minimum absolute atomic E-state index is 0.252. The van der Waals surface area contributed by atoms with Gasteiger partial charge in [-0.1, -0.05) is 68.8 Å². The van der Waals surface area contributed by atoms with Crippen LogP contribution in [0.15, 0.2) is 66.7 Å². The lowest BCUT2D eigenvalue weighted by Crippen LogP contribution is -2.59. The summed E-state index contributed by atoms with van der Waals surface area (Å²) in [6.07, 6.45) is -1.22. The Morgan fingerprint density at radius 1 is 0.810 bits per heavy atom. The molecule has 42 heavy (non-hydrogen) atoms. The molecule has 0 aromatic heterocycles. The number of amides is 3. The van der Waals surface area contributed by atoms with Crippen LogP contribution >= 0.6 is 0 Å². The van der Waals surface area contributed by atoms with Gasteiger partial charge >= 0.3 is 5.97 Å². The van der Waals surface area contributed by atoms with E-state index in [4.69, 9.17) is 9.47 Å². The third kappa shape index (κ3) is 5.46. The molecule has 3 atom stereocenters. The highest BCUT2D eigenvalue weighted by molar-refractivity contribution is 6.23. The SMILES string of the molecule is COC(=O)[C@H](OC)[C@H](c1c(C)cc(C)cc1C)N(C(=O)[C@@H](N1C(=O)c2ccccc2C1=O)C(C)(C)C)c1ccccc1. The second-order valence-corrected chi connectivity index (χ2v) is 11.8. The molecular formula is C34H38N2O6. The number of aryl methyl sites for hydroxylation is 3. The molecule has 4 rings (SSSR count). The number of imide groups is 1. The molecule has 8 heteroatoms. The van der Waals surface area contributed by atoms with Crippen LogP contribution in [0, 0.1) is 26.2 Å². The van der Waals surface area contributed by atoms with Crippen molar-refractivity contribution >= 4 is 29.4 Å². The first-order valence-corrected chi connectivity index (χ1v) is 13.9. The summed E-state index contributed by atoms with van der Waals surface area (Å²) in [6.45, 7) is 11.3. The normalized spacial score (nSPS) is 15.2. The zero-order chi connectivity index (χ0) is 30.9. The van der Waals surface area contributed by atoms with Crippen LogP contribution in [-0.4, -0.2) is 55.0 Å². The number of rotatable bonds is 8. The third-order valence-corrected chi connectivity index (χ3v) is 7.70. The van der Waals surface area contributed by atoms with Gasteiger partial charge in [0.15, 0.2) is 6.10 Å². The van der Waals surface area contributed by atoms with E-state index in [-0.39, 0.29) is 11.1 Å². The maximum Gasteiger partial charge on any atom is 0.337 e. The number of fused-ring (bicyclic) bond motifs is 1. The van der Waals surface area contributed by atoms with Crippen LogP contribution in [0.1, 0.15) is 69.8 Å². The first kappa shape index (κ1) is 30.7. The van der Waals surface area contributed by atoms with Gasteiger partial charge < -0.3 is 9.47 Å². The Labute approximate surface area is 247 Å². The minimum atomic E-state index is -1.22. The van der Waals surface area contributed by atoms with E-state index in [1.165, 1.54) is 19.1 Å². The van der Waals surface area contributed by atoms with Gasteiger partial charge in [-0.05, 0) is 67.1 Å². The zero-order valence-corrected chi connectivity index (χ0v) is 25.4. The Balaban J connectivity index is 2.01. The smallest absolute Gasteiger partial charge is 0.337 e. The number of carbonyl (C=O) groups excluding carboxylic acids is 4. The van der Waals surface area contributed by atoms with E-state index < -0.39 is 47.3 Å². The molecule has 0 aliphatic carbocycles. The molecule has 0 unspecified atom stereocenters. The molecule has 0 saturated carbocycles. The summed E-state index contributed by atoms with van der Waals surface area (Å²) in [5.74, 6) is -2.26. The van der Waals surface area contributed by atoms with Crippen LogP contribution in [0.3, 0.4) is 0 Å². The number of nitrogens with zero attached hydrogens (tertiary/aromatic N) is 2. The third-order valence-electron chi connectivity index (χ3n) is 7.70. The van der Waals surface area contributed by atoms with Crippen LogP contribution in [0.25, 0.3) is 0 Å². The van der Waals surface area contributed by atoms with Crippen molar-refractivity contribution in [1.82, 2.24) is 4.90 Å². The predicted molar refractivity (Wildman–Crippen MR) is 160 cm³/mol. The van der Waals surface area contributed by atoms with Gasteiger partial charge in [0.2, 0.25) is 0 Å². The summed E-state index contributed by atoms with van der Waals surface area (Å²) in [4.78, 5) is 58.4. The number of carbonyl (C=O) groups is 4. The first-order chi connectivity index (χ1) is 19.8. The molecule has 0 radical (unpaired) electrons. The molecule has 220 valence electrons. The Hall–Kier alpha value is -4.30. The lowest BCUT2D eigenvalue weighted by Gasteiger charge is -2.43. The standard InChI is InChI=1S/C34H38N2O6/c1-20-18-21(2)26(22(3)19-20)27(28(41-7)33(40)42-8)35(23-14-10-9-11-15-23)32(39)29(34(4,5)6)36-30(37)24-16-12-13-17-25(24)31(36)38/h9-19,27-29H,1-8H3/t27-,28+,29+/m0/s1. The van der Waals surface area contributed by atoms with Gasteiger partial charge in [0.1, 0.15) is 6.04 Å². The van der Waals surface area contributed by atoms with Gasteiger partial charge in [0.05, 0.1) is 24.3 Å². The van der Waals surface area contributed by atoms with Crippen molar-refractivity contribution in [3.63, 3.8) is 0 Å². The molecule has 1 aliphatic heterocycles. The van der Waals surface area contributed by atoms with E-state index in [2.05, 4.69) is 0 Å². The molecule has 0 fully saturated rings. The summed E-state index contributed by atoms with van der Waals surface area (Å²) < 4.78 is 10.9. The van der Waals surface area contributed by atoms with Gasteiger partial charge in [-0.2, -0.15) is 0 Å². The number of esters is 1. The largest absolute Gasteiger partial charge is 0.467 e. The van der Waals surface area contributed by atoms with Crippen LogP contribution in [0.2, 0.25) is 0 Å². The highest BCUT2D eigenvalue weighted by atomic mass is 16.6. The predicted octanol–water partition coefficient (Wildman–Crippen LogP) is 5.59. The van der Waals surface area contributed by atoms with Gasteiger partial charge in [0, 0.05) is 12.8 Å². The van der Waals surface area contributed by atoms with E-state index >= 15 is 4.79 Å². The van der Waals surface area contributed by atoms with Gasteiger partial charge in [0.25, 0.3) is 17.7 Å². The van der Waals surface area contributed by atoms with Gasteiger partial charge in [-0.25, -0.2) is 4.79 Å². The average molecular weight is 571 g/mol. The Kier molecular flexibility index (Phi) is 8.68. The number of benzene rings is 3. The molecule has 1 aliphatic rings. The quantitative estimate of drug-likeness (QED) is 0.259. The molecule has 8 nitrogen and oxygen atoms in total. The fourth-order valence-electron chi connectivity index (χ4n) is 6.00. The van der Waals surface area contributed by atoms with Crippen molar-refractivity contribution in [2.24, 2.45) is 5.41 Å². The summed E-state index contributed by atoms with van der Waals surface area (Å²) in [5, 5.41) is 0. The summed E-state index contributed by atoms with van der Waals surface area (Å²) in [5.41, 5.74) is 3.54.